The monoisotopic (exact) mass is 408 g/mol. The molecule has 2 heterocycles. The number of hydrogen-bond acceptors (Lipinski definition) is 6. The van der Waals surface area contributed by atoms with E-state index in [1.54, 1.807) is 24.5 Å². The van der Waals surface area contributed by atoms with Crippen LogP contribution in [0.2, 0.25) is 0 Å². The Hall–Kier alpha value is -3.13. The molecule has 29 heavy (non-hydrogen) atoms. The van der Waals surface area contributed by atoms with E-state index in [0.717, 1.165) is 11.3 Å². The van der Waals surface area contributed by atoms with E-state index < -0.39 is 0 Å². The molecular weight excluding hydrogens is 388 g/mol. The third-order valence-corrected chi connectivity index (χ3v) is 5.73. The van der Waals surface area contributed by atoms with Crippen molar-refractivity contribution in [2.75, 3.05) is 11.9 Å². The van der Waals surface area contributed by atoms with Gasteiger partial charge in [-0.1, -0.05) is 29.5 Å². The topological polar surface area (TPSA) is 86.1 Å². The van der Waals surface area contributed by atoms with E-state index in [0.29, 0.717) is 22.2 Å². The van der Waals surface area contributed by atoms with Gasteiger partial charge in [0.25, 0.3) is 5.91 Å². The number of carbonyl (C=O) groups excluding carboxylic acids is 2. The van der Waals surface area contributed by atoms with Gasteiger partial charge >= 0.3 is 0 Å². The predicted octanol–water partition coefficient (Wildman–Crippen LogP) is 3.58. The van der Waals surface area contributed by atoms with Gasteiger partial charge in [0.15, 0.2) is 17.5 Å². The molecule has 0 aliphatic carbocycles. The van der Waals surface area contributed by atoms with Crippen molar-refractivity contribution >= 4 is 29.1 Å². The van der Waals surface area contributed by atoms with Crippen molar-refractivity contribution in [1.29, 1.82) is 0 Å². The van der Waals surface area contributed by atoms with Gasteiger partial charge in [-0.25, -0.2) is 0 Å². The van der Waals surface area contributed by atoms with Crippen molar-refractivity contribution in [2.24, 2.45) is 0 Å². The average molecular weight is 408 g/mol. The summed E-state index contributed by atoms with van der Waals surface area (Å²) in [5.74, 6) is 0.273. The van der Waals surface area contributed by atoms with Gasteiger partial charge in [0.2, 0.25) is 0 Å². The van der Waals surface area contributed by atoms with Crippen molar-refractivity contribution < 1.29 is 14.3 Å². The standard InChI is InChI=1S/C21H20N4O3S/c1-12-4-6-17(13(2)8-12)25-11-22-24-21(25)29-14(3)20(27)15-5-7-18-16(9-15)23-19(26)10-28-18/h4-9,11,14H,10H2,1-3H3,(H,23,26). The second-order valence-corrected chi connectivity index (χ2v) is 8.25. The lowest BCUT2D eigenvalue weighted by Crippen LogP contribution is -2.25. The zero-order chi connectivity index (χ0) is 20.5. The number of ether oxygens (including phenoxy) is 1. The van der Waals surface area contributed by atoms with Crippen LogP contribution in [0.4, 0.5) is 5.69 Å². The van der Waals surface area contributed by atoms with E-state index in [9.17, 15) is 9.59 Å². The van der Waals surface area contributed by atoms with Gasteiger partial charge in [-0.15, -0.1) is 10.2 Å². The van der Waals surface area contributed by atoms with Crippen LogP contribution in [0.15, 0.2) is 47.9 Å². The molecule has 3 aromatic rings. The highest BCUT2D eigenvalue weighted by Gasteiger charge is 2.23. The summed E-state index contributed by atoms with van der Waals surface area (Å²) in [5, 5.41) is 11.2. The molecule has 1 aliphatic heterocycles. The predicted molar refractivity (Wildman–Crippen MR) is 111 cm³/mol. The van der Waals surface area contributed by atoms with Gasteiger partial charge in [0.05, 0.1) is 16.6 Å². The Kier molecular flexibility index (Phi) is 5.10. The number of anilines is 1. The summed E-state index contributed by atoms with van der Waals surface area (Å²) in [6, 6.07) is 11.2. The lowest BCUT2D eigenvalue weighted by Gasteiger charge is -2.19. The molecular formula is C21H20N4O3S. The summed E-state index contributed by atoms with van der Waals surface area (Å²) in [4.78, 5) is 24.5. The minimum absolute atomic E-state index is 0.0133. The average Bonchev–Trinajstić information content (AvgIpc) is 3.14. The minimum atomic E-state index is -0.387. The molecule has 1 aromatic heterocycles. The van der Waals surface area contributed by atoms with E-state index in [4.69, 9.17) is 4.74 Å². The molecule has 0 saturated carbocycles. The molecule has 0 fully saturated rings. The van der Waals surface area contributed by atoms with E-state index in [1.807, 2.05) is 37.5 Å². The number of benzene rings is 2. The summed E-state index contributed by atoms with van der Waals surface area (Å²) in [6.45, 7) is 5.91. The van der Waals surface area contributed by atoms with Crippen molar-refractivity contribution in [2.45, 2.75) is 31.2 Å². The number of nitrogens with one attached hydrogen (secondary N) is 1. The van der Waals surface area contributed by atoms with Crippen LogP contribution in [0, 0.1) is 13.8 Å². The second kappa shape index (κ2) is 7.71. The normalized spacial score (nSPS) is 14.0. The van der Waals surface area contributed by atoms with E-state index in [-0.39, 0.29) is 23.5 Å². The number of thioether (sulfide) groups is 1. The first-order valence-corrected chi connectivity index (χ1v) is 10.1. The molecule has 0 radical (unpaired) electrons. The Morgan fingerprint density at radius 1 is 1.24 bits per heavy atom. The van der Waals surface area contributed by atoms with Crippen molar-refractivity contribution in [3.63, 3.8) is 0 Å². The van der Waals surface area contributed by atoms with Gasteiger partial charge in [0.1, 0.15) is 12.1 Å². The summed E-state index contributed by atoms with van der Waals surface area (Å²) < 4.78 is 7.24. The van der Waals surface area contributed by atoms with Crippen LogP contribution in [0.1, 0.15) is 28.4 Å². The highest BCUT2D eigenvalue weighted by molar-refractivity contribution is 8.00. The molecule has 0 bridgehead atoms. The number of fused-ring (bicyclic) bond motifs is 1. The summed E-state index contributed by atoms with van der Waals surface area (Å²) >= 11 is 1.35. The lowest BCUT2D eigenvalue weighted by molar-refractivity contribution is -0.118. The lowest BCUT2D eigenvalue weighted by atomic mass is 10.1. The quantitative estimate of drug-likeness (QED) is 0.513. The van der Waals surface area contributed by atoms with Gasteiger partial charge in [-0.2, -0.15) is 0 Å². The summed E-state index contributed by atoms with van der Waals surface area (Å²) in [7, 11) is 0. The third kappa shape index (κ3) is 3.88. The minimum Gasteiger partial charge on any atom is -0.482 e. The molecule has 0 spiro atoms. The first-order valence-electron chi connectivity index (χ1n) is 9.17. The van der Waals surface area contributed by atoms with Crippen LogP contribution in [0.25, 0.3) is 5.69 Å². The maximum Gasteiger partial charge on any atom is 0.262 e. The van der Waals surface area contributed by atoms with Crippen LogP contribution in [0.3, 0.4) is 0 Å². The van der Waals surface area contributed by atoms with Crippen LogP contribution in [-0.4, -0.2) is 38.3 Å². The molecule has 8 heteroatoms. The number of rotatable bonds is 5. The highest BCUT2D eigenvalue weighted by atomic mass is 32.2. The molecule has 1 N–H and O–H groups in total. The second-order valence-electron chi connectivity index (χ2n) is 6.95. The Balaban J connectivity index is 1.55. The fourth-order valence-electron chi connectivity index (χ4n) is 3.23. The number of Topliss-reactive ketones (excluding diaryl/α,β-unsaturated/α-hetero) is 1. The highest BCUT2D eigenvalue weighted by Crippen LogP contribution is 2.31. The van der Waals surface area contributed by atoms with E-state index in [1.165, 1.54) is 17.3 Å². The number of amides is 1. The fourth-order valence-corrected chi connectivity index (χ4v) is 4.14. The Morgan fingerprint density at radius 3 is 2.86 bits per heavy atom. The third-order valence-electron chi connectivity index (χ3n) is 4.68. The van der Waals surface area contributed by atoms with Crippen molar-refractivity contribution in [3.05, 3.63) is 59.4 Å². The maximum atomic E-state index is 13.0. The number of nitrogens with zero attached hydrogens (tertiary/aromatic N) is 3. The first kappa shape index (κ1) is 19.2. The maximum absolute atomic E-state index is 13.0. The summed E-state index contributed by atoms with van der Waals surface area (Å²) in [6.07, 6.45) is 1.66. The zero-order valence-electron chi connectivity index (χ0n) is 16.3. The van der Waals surface area contributed by atoms with Gasteiger partial charge in [0, 0.05) is 5.56 Å². The molecule has 2 aromatic carbocycles. The van der Waals surface area contributed by atoms with E-state index in [2.05, 4.69) is 21.6 Å². The van der Waals surface area contributed by atoms with E-state index >= 15 is 0 Å². The molecule has 1 aliphatic rings. The fraction of sp³-hybridized carbons (Fsp3) is 0.238. The number of carbonyl (C=O) groups is 2. The number of hydrogen-bond donors (Lipinski definition) is 1. The molecule has 1 amide bonds. The van der Waals surface area contributed by atoms with Crippen molar-refractivity contribution in [1.82, 2.24) is 14.8 Å². The van der Waals surface area contributed by atoms with Crippen LogP contribution < -0.4 is 10.1 Å². The molecule has 1 unspecified atom stereocenters. The van der Waals surface area contributed by atoms with Gasteiger partial charge in [-0.05, 0) is 50.6 Å². The molecule has 1 atom stereocenters. The largest absolute Gasteiger partial charge is 0.482 e. The SMILES string of the molecule is Cc1ccc(-n2cnnc2SC(C)C(=O)c2ccc3c(c2)NC(=O)CO3)c(C)c1. The van der Waals surface area contributed by atoms with Crippen LogP contribution in [-0.2, 0) is 4.79 Å². The molecule has 4 rings (SSSR count). The smallest absolute Gasteiger partial charge is 0.262 e. The number of ketones is 1. The van der Waals surface area contributed by atoms with Crippen LogP contribution in [0.5, 0.6) is 5.75 Å². The Labute approximate surface area is 172 Å². The molecule has 0 saturated heterocycles. The number of aryl methyl sites for hydroxylation is 2. The van der Waals surface area contributed by atoms with Gasteiger partial charge < -0.3 is 10.1 Å². The van der Waals surface area contributed by atoms with Gasteiger partial charge in [-0.3, -0.25) is 14.2 Å². The Bertz CT molecular complexity index is 1110. The first-order chi connectivity index (χ1) is 13.9. The van der Waals surface area contributed by atoms with Crippen molar-refractivity contribution in [3.8, 4) is 11.4 Å². The summed E-state index contributed by atoms with van der Waals surface area (Å²) in [5.41, 5.74) is 4.29. The zero-order valence-corrected chi connectivity index (χ0v) is 17.1. The number of aromatic nitrogens is 3. The Morgan fingerprint density at radius 2 is 2.07 bits per heavy atom. The molecule has 7 nitrogen and oxygen atoms in total. The molecule has 148 valence electrons. The van der Waals surface area contributed by atoms with Crippen LogP contribution >= 0.6 is 11.8 Å².